The second-order valence-electron chi connectivity index (χ2n) is 7.54. The van der Waals surface area contributed by atoms with E-state index >= 15 is 0 Å². The highest BCUT2D eigenvalue weighted by Gasteiger charge is 2.49. The summed E-state index contributed by atoms with van der Waals surface area (Å²) in [4.78, 5) is 33.2. The molecule has 2 amide bonds. The fourth-order valence-electron chi connectivity index (χ4n) is 4.28. The molecule has 2 saturated heterocycles. The van der Waals surface area contributed by atoms with Crippen molar-refractivity contribution in [2.45, 2.75) is 25.8 Å². The second kappa shape index (κ2) is 7.30. The van der Waals surface area contributed by atoms with Crippen LogP contribution in [0.5, 0.6) is 0 Å². The molecule has 0 radical (unpaired) electrons. The number of carbonyl (C=O) groups is 2. The maximum atomic E-state index is 14.0. The monoisotopic (exact) mass is 385 g/mol. The molecule has 146 valence electrons. The summed E-state index contributed by atoms with van der Waals surface area (Å²) in [5.41, 5.74) is 0.0353. The number of halogens is 2. The Balaban J connectivity index is 1.50. The van der Waals surface area contributed by atoms with Gasteiger partial charge in [0.1, 0.15) is 0 Å². The molecule has 1 atom stereocenters. The molecule has 1 aromatic carbocycles. The molecule has 5 nitrogen and oxygen atoms in total. The quantitative estimate of drug-likeness (QED) is 0.816. The van der Waals surface area contributed by atoms with Crippen LogP contribution in [0.1, 0.15) is 35.2 Å². The van der Waals surface area contributed by atoms with Gasteiger partial charge in [0, 0.05) is 44.1 Å². The summed E-state index contributed by atoms with van der Waals surface area (Å²) in [7, 11) is 0. The molecule has 0 saturated carbocycles. The Morgan fingerprint density at radius 3 is 2.79 bits per heavy atom. The van der Waals surface area contributed by atoms with Crippen molar-refractivity contribution in [2.24, 2.45) is 5.41 Å². The molecule has 4 rings (SSSR count). The van der Waals surface area contributed by atoms with Gasteiger partial charge in [0.05, 0.1) is 11.0 Å². The number of aromatic nitrogens is 1. The average Bonchev–Trinajstić information content (AvgIpc) is 3.14. The molecule has 3 heterocycles. The van der Waals surface area contributed by atoms with Crippen molar-refractivity contribution >= 4 is 11.8 Å². The van der Waals surface area contributed by atoms with Crippen LogP contribution in [0.4, 0.5) is 8.78 Å². The molecule has 1 aromatic heterocycles. The van der Waals surface area contributed by atoms with Crippen LogP contribution in [0.25, 0.3) is 0 Å². The Labute approximate surface area is 162 Å². The van der Waals surface area contributed by atoms with Gasteiger partial charge in [-0.3, -0.25) is 14.6 Å². The highest BCUT2D eigenvalue weighted by molar-refractivity contribution is 5.95. The minimum Gasteiger partial charge on any atom is -0.338 e. The third-order valence-electron chi connectivity index (χ3n) is 5.77. The number of carbonyl (C=O) groups excluding carboxylic acids is 2. The van der Waals surface area contributed by atoms with Crippen LogP contribution in [-0.4, -0.2) is 46.2 Å². The van der Waals surface area contributed by atoms with E-state index < -0.39 is 17.0 Å². The molecule has 2 aromatic rings. The van der Waals surface area contributed by atoms with E-state index in [2.05, 4.69) is 4.98 Å². The molecule has 2 aliphatic heterocycles. The first-order valence-corrected chi connectivity index (χ1v) is 9.42. The third kappa shape index (κ3) is 3.25. The van der Waals surface area contributed by atoms with Crippen molar-refractivity contribution in [1.29, 1.82) is 0 Å². The largest absolute Gasteiger partial charge is 0.338 e. The molecule has 2 aliphatic rings. The van der Waals surface area contributed by atoms with E-state index in [0.29, 0.717) is 38.0 Å². The zero-order chi connectivity index (χ0) is 19.7. The maximum absolute atomic E-state index is 14.0. The van der Waals surface area contributed by atoms with Crippen LogP contribution in [0, 0.1) is 17.0 Å². The van der Waals surface area contributed by atoms with Crippen molar-refractivity contribution in [3.8, 4) is 0 Å². The van der Waals surface area contributed by atoms with Gasteiger partial charge in [-0.15, -0.1) is 0 Å². The van der Waals surface area contributed by atoms with Crippen molar-refractivity contribution in [1.82, 2.24) is 14.8 Å². The molecule has 0 bridgehead atoms. The smallest absolute Gasteiger partial charge is 0.255 e. The van der Waals surface area contributed by atoms with E-state index in [9.17, 15) is 18.4 Å². The first kappa shape index (κ1) is 18.5. The van der Waals surface area contributed by atoms with Gasteiger partial charge in [-0.25, -0.2) is 8.78 Å². The topological polar surface area (TPSA) is 53.5 Å². The fourth-order valence-corrected chi connectivity index (χ4v) is 4.28. The van der Waals surface area contributed by atoms with Crippen LogP contribution in [-0.2, 0) is 11.3 Å². The third-order valence-corrected chi connectivity index (χ3v) is 5.77. The Kier molecular flexibility index (Phi) is 4.83. The number of rotatable bonds is 3. The summed E-state index contributed by atoms with van der Waals surface area (Å²) >= 11 is 0. The van der Waals surface area contributed by atoms with Crippen molar-refractivity contribution in [3.63, 3.8) is 0 Å². The van der Waals surface area contributed by atoms with Gasteiger partial charge < -0.3 is 9.80 Å². The lowest BCUT2D eigenvalue weighted by Gasteiger charge is -2.39. The van der Waals surface area contributed by atoms with Crippen LogP contribution in [0.2, 0.25) is 0 Å². The number of piperidine rings is 1. The van der Waals surface area contributed by atoms with E-state index in [1.54, 1.807) is 28.1 Å². The standard InChI is InChI=1S/C21H21F2N3O2/c22-17-6-1-4-16(18(17)23)13-25-10-3-7-21(20(25)28)8-11-26(14-21)19(27)15-5-2-9-24-12-15/h1-2,4-6,9,12H,3,7-8,10-11,13-14H2/t21-/m0/s1. The Hall–Kier alpha value is -2.83. The highest BCUT2D eigenvalue weighted by atomic mass is 19.2. The second-order valence-corrected chi connectivity index (χ2v) is 7.54. The van der Waals surface area contributed by atoms with Crippen LogP contribution >= 0.6 is 0 Å². The highest BCUT2D eigenvalue weighted by Crippen LogP contribution is 2.41. The molecule has 7 heteroatoms. The zero-order valence-electron chi connectivity index (χ0n) is 15.4. The summed E-state index contributed by atoms with van der Waals surface area (Å²) in [6.45, 7) is 1.40. The van der Waals surface area contributed by atoms with E-state index in [-0.39, 0.29) is 23.9 Å². The van der Waals surface area contributed by atoms with Gasteiger partial charge in [0.15, 0.2) is 11.6 Å². The van der Waals surface area contributed by atoms with Gasteiger partial charge >= 0.3 is 0 Å². The first-order chi connectivity index (χ1) is 13.5. The minimum absolute atomic E-state index is 0.0424. The SMILES string of the molecule is O=C(c1cccnc1)N1CC[C@@]2(CCCN(Cc3cccc(F)c3F)C2=O)C1. The minimum atomic E-state index is -0.911. The normalized spacial score (nSPS) is 22.1. The lowest BCUT2D eigenvalue weighted by atomic mass is 9.78. The van der Waals surface area contributed by atoms with Crippen LogP contribution < -0.4 is 0 Å². The predicted molar refractivity (Wildman–Crippen MR) is 98.2 cm³/mol. The Morgan fingerprint density at radius 2 is 2.00 bits per heavy atom. The van der Waals surface area contributed by atoms with Gasteiger partial charge in [-0.1, -0.05) is 12.1 Å². The molecule has 0 aliphatic carbocycles. The van der Waals surface area contributed by atoms with Gasteiger partial charge in [-0.2, -0.15) is 0 Å². The lowest BCUT2D eigenvalue weighted by molar-refractivity contribution is -0.146. The number of hydrogen-bond donors (Lipinski definition) is 0. The van der Waals surface area contributed by atoms with Gasteiger partial charge in [0.25, 0.3) is 5.91 Å². The van der Waals surface area contributed by atoms with Crippen LogP contribution in [0.3, 0.4) is 0 Å². The molecule has 1 spiro atoms. The van der Waals surface area contributed by atoms with Crippen molar-refractivity contribution < 1.29 is 18.4 Å². The van der Waals surface area contributed by atoms with Gasteiger partial charge in [0.2, 0.25) is 5.91 Å². The van der Waals surface area contributed by atoms with E-state index in [1.807, 2.05) is 0 Å². The molecular weight excluding hydrogens is 364 g/mol. The zero-order valence-corrected chi connectivity index (χ0v) is 15.4. The van der Waals surface area contributed by atoms with E-state index in [0.717, 1.165) is 12.5 Å². The summed E-state index contributed by atoms with van der Waals surface area (Å²) in [6.07, 6.45) is 5.19. The lowest BCUT2D eigenvalue weighted by Crippen LogP contribution is -2.50. The Bertz CT molecular complexity index is 906. The number of benzene rings is 1. The number of amides is 2. The molecular formula is C21H21F2N3O2. The van der Waals surface area contributed by atoms with Crippen molar-refractivity contribution in [3.05, 3.63) is 65.5 Å². The number of hydrogen-bond acceptors (Lipinski definition) is 3. The van der Waals surface area contributed by atoms with Crippen LogP contribution in [0.15, 0.2) is 42.7 Å². The maximum Gasteiger partial charge on any atom is 0.255 e. The molecule has 0 unspecified atom stereocenters. The van der Waals surface area contributed by atoms with E-state index in [4.69, 9.17) is 0 Å². The number of pyridine rings is 1. The first-order valence-electron chi connectivity index (χ1n) is 9.42. The molecule has 28 heavy (non-hydrogen) atoms. The van der Waals surface area contributed by atoms with E-state index in [1.165, 1.54) is 18.3 Å². The average molecular weight is 385 g/mol. The van der Waals surface area contributed by atoms with Gasteiger partial charge in [-0.05, 0) is 37.5 Å². The number of likely N-dealkylation sites (tertiary alicyclic amines) is 2. The van der Waals surface area contributed by atoms with Crippen molar-refractivity contribution in [2.75, 3.05) is 19.6 Å². The fraction of sp³-hybridized carbons (Fsp3) is 0.381. The summed E-state index contributed by atoms with van der Waals surface area (Å²) in [5.74, 6) is -2.03. The number of nitrogens with zero attached hydrogens (tertiary/aromatic N) is 3. The summed E-state index contributed by atoms with van der Waals surface area (Å²) < 4.78 is 27.5. The molecule has 2 fully saturated rings. The Morgan fingerprint density at radius 1 is 1.14 bits per heavy atom. The predicted octanol–water partition coefficient (Wildman–Crippen LogP) is 3.01. The summed E-state index contributed by atoms with van der Waals surface area (Å²) in [5, 5.41) is 0. The molecule has 0 N–H and O–H groups in total. The summed E-state index contributed by atoms with van der Waals surface area (Å²) in [6, 6.07) is 7.43.